The molecule has 6 heteroatoms. The predicted molar refractivity (Wildman–Crippen MR) is 91.3 cm³/mol. The number of aliphatic imine (C=N–C) groups is 1. The van der Waals surface area contributed by atoms with E-state index < -0.39 is 0 Å². The van der Waals surface area contributed by atoms with Crippen LogP contribution in [0.5, 0.6) is 11.5 Å². The van der Waals surface area contributed by atoms with E-state index in [2.05, 4.69) is 22.5 Å². The highest BCUT2D eigenvalue weighted by Crippen LogP contribution is 2.30. The van der Waals surface area contributed by atoms with E-state index in [4.69, 9.17) is 14.2 Å². The number of hydrogen-bond acceptors (Lipinski definition) is 4. The van der Waals surface area contributed by atoms with Gasteiger partial charge < -0.3 is 24.8 Å². The van der Waals surface area contributed by atoms with Crippen molar-refractivity contribution in [2.45, 2.75) is 32.9 Å². The maximum absolute atomic E-state index is 5.72. The van der Waals surface area contributed by atoms with Gasteiger partial charge in [-0.1, -0.05) is 6.07 Å². The van der Waals surface area contributed by atoms with Gasteiger partial charge in [-0.2, -0.15) is 0 Å². The van der Waals surface area contributed by atoms with Crippen molar-refractivity contribution in [1.29, 1.82) is 0 Å². The summed E-state index contributed by atoms with van der Waals surface area (Å²) in [6.07, 6.45) is 0.911. The Labute approximate surface area is 138 Å². The van der Waals surface area contributed by atoms with Gasteiger partial charge in [-0.3, -0.25) is 0 Å². The van der Waals surface area contributed by atoms with Crippen LogP contribution in [0.2, 0.25) is 0 Å². The van der Waals surface area contributed by atoms with E-state index in [1.54, 1.807) is 7.11 Å². The number of hydrogen-bond donors (Lipinski definition) is 2. The van der Waals surface area contributed by atoms with Gasteiger partial charge in [0.15, 0.2) is 17.5 Å². The molecule has 1 heterocycles. The summed E-state index contributed by atoms with van der Waals surface area (Å²) in [5, 5.41) is 6.56. The minimum absolute atomic E-state index is 0.196. The van der Waals surface area contributed by atoms with Crippen molar-refractivity contribution in [1.82, 2.24) is 10.6 Å². The van der Waals surface area contributed by atoms with Gasteiger partial charge in [0.05, 0.1) is 26.4 Å². The van der Waals surface area contributed by atoms with Crippen molar-refractivity contribution in [3.05, 3.63) is 23.8 Å². The molecule has 1 unspecified atom stereocenters. The molecular weight excluding hydrogens is 294 g/mol. The fourth-order valence-electron chi connectivity index (χ4n) is 2.32. The summed E-state index contributed by atoms with van der Waals surface area (Å²) in [6.45, 7) is 7.53. The van der Waals surface area contributed by atoms with E-state index in [0.717, 1.165) is 36.0 Å². The normalized spacial score (nSPS) is 15.7. The zero-order valence-corrected chi connectivity index (χ0v) is 14.2. The van der Waals surface area contributed by atoms with E-state index in [1.807, 2.05) is 25.1 Å². The third kappa shape index (κ3) is 5.63. The van der Waals surface area contributed by atoms with Crippen LogP contribution in [0.1, 0.15) is 25.8 Å². The Morgan fingerprint density at radius 1 is 1.30 bits per heavy atom. The van der Waals surface area contributed by atoms with Gasteiger partial charge in [-0.15, -0.1) is 0 Å². The molecule has 23 heavy (non-hydrogen) atoms. The molecule has 0 saturated carbocycles. The molecule has 1 aromatic rings. The molecule has 2 N–H and O–H groups in total. The van der Waals surface area contributed by atoms with Crippen molar-refractivity contribution in [3.63, 3.8) is 0 Å². The number of nitrogens with one attached hydrogen (secondary N) is 2. The monoisotopic (exact) mass is 321 g/mol. The average molecular weight is 321 g/mol. The Kier molecular flexibility index (Phi) is 7.00. The first kappa shape index (κ1) is 17.4. The van der Waals surface area contributed by atoms with Gasteiger partial charge in [0, 0.05) is 26.1 Å². The molecular formula is C17H27N3O3. The second-order valence-corrected chi connectivity index (χ2v) is 5.53. The van der Waals surface area contributed by atoms with Crippen LogP contribution < -0.4 is 20.1 Å². The quantitative estimate of drug-likeness (QED) is 0.619. The smallest absolute Gasteiger partial charge is 0.191 e. The maximum Gasteiger partial charge on any atom is 0.191 e. The summed E-state index contributed by atoms with van der Waals surface area (Å²) in [5.74, 6) is 2.40. The fraction of sp³-hybridized carbons (Fsp3) is 0.588. The summed E-state index contributed by atoms with van der Waals surface area (Å²) in [6, 6.07) is 6.19. The van der Waals surface area contributed by atoms with Gasteiger partial charge in [0.1, 0.15) is 0 Å². The molecule has 1 atom stereocenters. The van der Waals surface area contributed by atoms with Crippen molar-refractivity contribution in [2.24, 2.45) is 4.99 Å². The zero-order chi connectivity index (χ0) is 16.5. The molecule has 0 amide bonds. The summed E-state index contributed by atoms with van der Waals surface area (Å²) >= 11 is 0. The third-order valence-electron chi connectivity index (χ3n) is 3.38. The van der Waals surface area contributed by atoms with E-state index in [0.29, 0.717) is 26.4 Å². The summed E-state index contributed by atoms with van der Waals surface area (Å²) < 4.78 is 16.5. The first-order valence-corrected chi connectivity index (χ1v) is 8.15. The molecule has 1 aliphatic rings. The van der Waals surface area contributed by atoms with Crippen LogP contribution in [0.25, 0.3) is 0 Å². The summed E-state index contributed by atoms with van der Waals surface area (Å²) in [7, 11) is 1.69. The van der Waals surface area contributed by atoms with E-state index in [-0.39, 0.29) is 6.04 Å². The largest absolute Gasteiger partial charge is 0.490 e. The molecule has 0 fully saturated rings. The van der Waals surface area contributed by atoms with Crippen LogP contribution >= 0.6 is 0 Å². The Hall–Kier alpha value is -1.95. The highest BCUT2D eigenvalue weighted by Gasteiger charge is 2.11. The number of benzene rings is 1. The molecule has 1 aromatic carbocycles. The lowest BCUT2D eigenvalue weighted by molar-refractivity contribution is 0.179. The van der Waals surface area contributed by atoms with Gasteiger partial charge in [-0.25, -0.2) is 4.99 Å². The number of nitrogens with zero attached hydrogens (tertiary/aromatic N) is 1. The molecule has 6 nitrogen and oxygen atoms in total. The van der Waals surface area contributed by atoms with E-state index in [9.17, 15) is 0 Å². The van der Waals surface area contributed by atoms with Crippen molar-refractivity contribution >= 4 is 5.96 Å². The molecule has 0 aromatic heterocycles. The second-order valence-electron chi connectivity index (χ2n) is 5.53. The molecule has 0 radical (unpaired) electrons. The first-order valence-electron chi connectivity index (χ1n) is 8.15. The van der Waals surface area contributed by atoms with Crippen LogP contribution in [0.3, 0.4) is 0 Å². The number of methoxy groups -OCH3 is 1. The molecule has 0 aliphatic carbocycles. The topological polar surface area (TPSA) is 64.1 Å². The zero-order valence-electron chi connectivity index (χ0n) is 14.2. The number of fused-ring (bicyclic) bond motifs is 1. The molecule has 2 rings (SSSR count). The molecule has 1 aliphatic heterocycles. The third-order valence-corrected chi connectivity index (χ3v) is 3.38. The number of rotatable bonds is 6. The Balaban J connectivity index is 2.02. The van der Waals surface area contributed by atoms with Crippen molar-refractivity contribution in [3.8, 4) is 11.5 Å². The Bertz CT molecular complexity index is 520. The number of ether oxygens (including phenoxy) is 3. The minimum Gasteiger partial charge on any atom is -0.490 e. The predicted octanol–water partition coefficient (Wildman–Crippen LogP) is 1.94. The van der Waals surface area contributed by atoms with Crippen molar-refractivity contribution in [2.75, 3.05) is 33.5 Å². The first-order chi connectivity index (χ1) is 11.2. The number of guanidine groups is 1. The van der Waals surface area contributed by atoms with Gasteiger partial charge >= 0.3 is 0 Å². The van der Waals surface area contributed by atoms with Crippen molar-refractivity contribution < 1.29 is 14.2 Å². The molecule has 0 spiro atoms. The Morgan fingerprint density at radius 3 is 2.83 bits per heavy atom. The molecule has 0 bridgehead atoms. The highest BCUT2D eigenvalue weighted by molar-refractivity contribution is 5.80. The van der Waals surface area contributed by atoms with Crippen LogP contribution in [0, 0.1) is 0 Å². The van der Waals surface area contributed by atoms with E-state index in [1.165, 1.54) is 0 Å². The van der Waals surface area contributed by atoms with Crippen LogP contribution in [0.15, 0.2) is 23.2 Å². The Morgan fingerprint density at radius 2 is 2.09 bits per heavy atom. The standard InChI is InChI=1S/C17H27N3O3/c1-4-18-17(20-13(2)12-21-3)19-11-14-6-7-15-16(10-14)23-9-5-8-22-15/h6-7,10,13H,4-5,8-9,11-12H2,1-3H3,(H2,18,19,20). The molecule has 0 saturated heterocycles. The fourth-order valence-corrected chi connectivity index (χ4v) is 2.32. The lowest BCUT2D eigenvalue weighted by atomic mass is 10.2. The lowest BCUT2D eigenvalue weighted by Gasteiger charge is -2.17. The van der Waals surface area contributed by atoms with Crippen LogP contribution in [0.4, 0.5) is 0 Å². The minimum atomic E-state index is 0.196. The maximum atomic E-state index is 5.72. The van der Waals surface area contributed by atoms with E-state index >= 15 is 0 Å². The van der Waals surface area contributed by atoms with Gasteiger partial charge in [0.2, 0.25) is 0 Å². The lowest BCUT2D eigenvalue weighted by Crippen LogP contribution is -2.43. The molecule has 128 valence electrons. The SMILES string of the molecule is CCNC(=NCc1ccc2c(c1)OCCCO2)NC(C)COC. The van der Waals surface area contributed by atoms with Crippen LogP contribution in [-0.4, -0.2) is 45.5 Å². The summed E-state index contributed by atoms with van der Waals surface area (Å²) in [5.41, 5.74) is 1.09. The van der Waals surface area contributed by atoms with Gasteiger partial charge in [0.25, 0.3) is 0 Å². The highest BCUT2D eigenvalue weighted by atomic mass is 16.5. The second kappa shape index (κ2) is 9.25. The van der Waals surface area contributed by atoms with Crippen LogP contribution in [-0.2, 0) is 11.3 Å². The average Bonchev–Trinajstić information content (AvgIpc) is 2.78. The summed E-state index contributed by atoms with van der Waals surface area (Å²) in [4.78, 5) is 4.62. The van der Waals surface area contributed by atoms with Gasteiger partial charge in [-0.05, 0) is 31.5 Å².